The van der Waals surface area contributed by atoms with E-state index < -0.39 is 11.6 Å². The molecule has 104 valence electrons. The molecule has 0 aliphatic rings. The van der Waals surface area contributed by atoms with Gasteiger partial charge in [0.05, 0.1) is 5.02 Å². The summed E-state index contributed by atoms with van der Waals surface area (Å²) in [5, 5.41) is 0.0422. The molecule has 0 fully saturated rings. The Kier molecular flexibility index (Phi) is 4.52. The predicted octanol–water partition coefficient (Wildman–Crippen LogP) is 3.83. The van der Waals surface area contributed by atoms with Crippen LogP contribution in [0.15, 0.2) is 36.4 Å². The maximum atomic E-state index is 13.6. The topological polar surface area (TPSA) is 35.2 Å². The normalized spacial score (nSPS) is 10.3. The molecule has 2 aromatic rings. The minimum absolute atomic E-state index is 0.0196. The van der Waals surface area contributed by atoms with Crippen LogP contribution in [0.5, 0.6) is 5.75 Å². The summed E-state index contributed by atoms with van der Waals surface area (Å²) in [4.78, 5) is -0.0196. The van der Waals surface area contributed by atoms with Crippen LogP contribution in [-0.4, -0.2) is 4.99 Å². The van der Waals surface area contributed by atoms with E-state index in [2.05, 4.69) is 0 Å². The van der Waals surface area contributed by atoms with Crippen molar-refractivity contribution in [3.8, 4) is 5.75 Å². The van der Waals surface area contributed by atoms with Crippen LogP contribution in [-0.2, 0) is 6.61 Å². The van der Waals surface area contributed by atoms with Gasteiger partial charge >= 0.3 is 0 Å². The van der Waals surface area contributed by atoms with Gasteiger partial charge in [-0.15, -0.1) is 0 Å². The molecule has 0 heterocycles. The van der Waals surface area contributed by atoms with Crippen molar-refractivity contribution in [1.82, 2.24) is 0 Å². The Morgan fingerprint density at radius 1 is 1.15 bits per heavy atom. The molecular weight excluding hydrogens is 304 g/mol. The second-order valence-electron chi connectivity index (χ2n) is 4.04. The van der Waals surface area contributed by atoms with E-state index in [1.165, 1.54) is 24.3 Å². The average molecular weight is 314 g/mol. The van der Waals surface area contributed by atoms with E-state index >= 15 is 0 Å². The number of rotatable bonds is 4. The van der Waals surface area contributed by atoms with Crippen LogP contribution in [0.3, 0.4) is 0 Å². The number of hydrogen-bond acceptors (Lipinski definition) is 2. The number of nitrogens with two attached hydrogens (primary N) is 1. The quantitative estimate of drug-likeness (QED) is 0.871. The number of benzene rings is 2. The van der Waals surface area contributed by atoms with E-state index in [0.717, 1.165) is 0 Å². The molecule has 0 amide bonds. The fourth-order valence-corrected chi connectivity index (χ4v) is 1.86. The van der Waals surface area contributed by atoms with Crippen molar-refractivity contribution >= 4 is 28.8 Å². The zero-order valence-corrected chi connectivity index (χ0v) is 11.8. The summed E-state index contributed by atoms with van der Waals surface area (Å²) in [5.74, 6) is -0.780. The van der Waals surface area contributed by atoms with Crippen molar-refractivity contribution in [2.45, 2.75) is 6.61 Å². The van der Waals surface area contributed by atoms with Gasteiger partial charge in [0, 0.05) is 11.6 Å². The van der Waals surface area contributed by atoms with Crippen molar-refractivity contribution in [3.05, 3.63) is 64.2 Å². The molecule has 2 aromatic carbocycles. The van der Waals surface area contributed by atoms with Gasteiger partial charge in [0.2, 0.25) is 0 Å². The van der Waals surface area contributed by atoms with E-state index in [1.807, 2.05) is 0 Å². The Morgan fingerprint density at radius 3 is 2.50 bits per heavy atom. The highest BCUT2D eigenvalue weighted by molar-refractivity contribution is 7.80. The lowest BCUT2D eigenvalue weighted by molar-refractivity contribution is 0.304. The third kappa shape index (κ3) is 3.43. The molecule has 0 spiro atoms. The first-order chi connectivity index (χ1) is 9.47. The highest BCUT2D eigenvalue weighted by Gasteiger charge is 2.07. The summed E-state index contributed by atoms with van der Waals surface area (Å²) in [6.45, 7) is 0.0972. The van der Waals surface area contributed by atoms with Gasteiger partial charge in [-0.1, -0.05) is 29.9 Å². The molecule has 0 aliphatic carbocycles. The van der Waals surface area contributed by atoms with Crippen LogP contribution >= 0.6 is 23.8 Å². The van der Waals surface area contributed by atoms with Gasteiger partial charge in [0.1, 0.15) is 29.0 Å². The van der Waals surface area contributed by atoms with Crippen molar-refractivity contribution < 1.29 is 13.5 Å². The predicted molar refractivity (Wildman–Crippen MR) is 78.0 cm³/mol. The molecule has 0 bridgehead atoms. The molecule has 0 saturated heterocycles. The molecule has 2 rings (SSSR count). The van der Waals surface area contributed by atoms with E-state index in [0.29, 0.717) is 11.3 Å². The van der Waals surface area contributed by atoms with E-state index in [1.54, 1.807) is 12.1 Å². The summed E-state index contributed by atoms with van der Waals surface area (Å²) < 4.78 is 32.2. The Labute approximate surface area is 125 Å². The Morgan fingerprint density at radius 2 is 1.90 bits per heavy atom. The number of hydrogen-bond donors (Lipinski definition) is 1. The van der Waals surface area contributed by atoms with Gasteiger partial charge in [-0.25, -0.2) is 8.78 Å². The second-order valence-corrected chi connectivity index (χ2v) is 4.89. The number of halogens is 3. The van der Waals surface area contributed by atoms with Gasteiger partial charge in [-0.05, 0) is 29.8 Å². The smallest absolute Gasteiger partial charge is 0.142 e. The van der Waals surface area contributed by atoms with Crippen molar-refractivity contribution in [2.24, 2.45) is 5.73 Å². The molecule has 0 aromatic heterocycles. The van der Waals surface area contributed by atoms with Crippen molar-refractivity contribution in [3.63, 3.8) is 0 Å². The fraction of sp³-hybridized carbons (Fsp3) is 0.0714. The number of ether oxygens (including phenoxy) is 1. The van der Waals surface area contributed by atoms with Gasteiger partial charge in [0.25, 0.3) is 0 Å². The molecule has 0 aliphatic heterocycles. The summed E-state index contributed by atoms with van der Waals surface area (Å²) in [7, 11) is 0. The van der Waals surface area contributed by atoms with E-state index in [9.17, 15) is 8.78 Å². The molecule has 0 saturated carbocycles. The standard InChI is InChI=1S/C14H10ClF2NOS/c15-11-4-1-8(5-13(11)17)7-19-9-2-3-10(14(18)20)12(16)6-9/h1-6H,7H2,(H2,18,20). The van der Waals surface area contributed by atoms with Crippen LogP contribution in [0, 0.1) is 11.6 Å². The Bertz CT molecular complexity index is 664. The maximum Gasteiger partial charge on any atom is 0.142 e. The fourth-order valence-electron chi connectivity index (χ4n) is 1.58. The van der Waals surface area contributed by atoms with Crippen molar-refractivity contribution in [2.75, 3.05) is 0 Å². The zero-order chi connectivity index (χ0) is 14.7. The van der Waals surface area contributed by atoms with Gasteiger partial charge in [0.15, 0.2) is 0 Å². The van der Waals surface area contributed by atoms with E-state index in [4.69, 9.17) is 34.3 Å². The minimum Gasteiger partial charge on any atom is -0.489 e. The van der Waals surface area contributed by atoms with Crippen LogP contribution in [0.2, 0.25) is 5.02 Å². The van der Waals surface area contributed by atoms with Gasteiger partial charge < -0.3 is 10.5 Å². The molecule has 6 heteroatoms. The molecule has 20 heavy (non-hydrogen) atoms. The monoisotopic (exact) mass is 313 g/mol. The summed E-state index contributed by atoms with van der Waals surface area (Å²) >= 11 is 10.3. The summed E-state index contributed by atoms with van der Waals surface area (Å²) in [6, 6.07) is 8.50. The largest absolute Gasteiger partial charge is 0.489 e. The van der Waals surface area contributed by atoms with Crippen LogP contribution < -0.4 is 10.5 Å². The lowest BCUT2D eigenvalue weighted by Gasteiger charge is -2.08. The summed E-state index contributed by atoms with van der Waals surface area (Å²) in [5.41, 5.74) is 6.10. The molecule has 0 unspecified atom stereocenters. The molecule has 2 N–H and O–H groups in total. The molecular formula is C14H10ClF2NOS. The maximum absolute atomic E-state index is 13.6. The Hall–Kier alpha value is -1.72. The van der Waals surface area contributed by atoms with Crippen molar-refractivity contribution in [1.29, 1.82) is 0 Å². The molecule has 0 atom stereocenters. The van der Waals surface area contributed by atoms with E-state index in [-0.39, 0.29) is 22.2 Å². The highest BCUT2D eigenvalue weighted by Crippen LogP contribution is 2.20. The minimum atomic E-state index is -0.558. The first kappa shape index (κ1) is 14.7. The second kappa shape index (κ2) is 6.15. The first-order valence-electron chi connectivity index (χ1n) is 5.63. The Balaban J connectivity index is 2.09. The SMILES string of the molecule is NC(=S)c1ccc(OCc2ccc(Cl)c(F)c2)cc1F. The van der Waals surface area contributed by atoms with Crippen LogP contribution in [0.25, 0.3) is 0 Å². The zero-order valence-electron chi connectivity index (χ0n) is 10.2. The number of thiocarbonyl (C=S) groups is 1. The van der Waals surface area contributed by atoms with Gasteiger partial charge in [-0.3, -0.25) is 0 Å². The summed E-state index contributed by atoms with van der Waals surface area (Å²) in [6.07, 6.45) is 0. The van der Waals surface area contributed by atoms with Crippen LogP contribution in [0.1, 0.15) is 11.1 Å². The molecule has 2 nitrogen and oxygen atoms in total. The molecule has 0 radical (unpaired) electrons. The first-order valence-corrected chi connectivity index (χ1v) is 6.42. The lowest BCUT2D eigenvalue weighted by Crippen LogP contribution is -2.11. The van der Waals surface area contributed by atoms with Gasteiger partial charge in [-0.2, -0.15) is 0 Å². The third-order valence-electron chi connectivity index (χ3n) is 2.60. The lowest BCUT2D eigenvalue weighted by atomic mass is 10.2. The highest BCUT2D eigenvalue weighted by atomic mass is 35.5. The third-order valence-corrected chi connectivity index (χ3v) is 3.12. The average Bonchev–Trinajstić information content (AvgIpc) is 2.40. The van der Waals surface area contributed by atoms with Crippen LogP contribution in [0.4, 0.5) is 8.78 Å².